The maximum absolute atomic E-state index is 5.97. The van der Waals surface area contributed by atoms with Gasteiger partial charge < -0.3 is 4.74 Å². The lowest BCUT2D eigenvalue weighted by atomic mass is 9.74. The van der Waals surface area contributed by atoms with Crippen molar-refractivity contribution < 1.29 is 4.74 Å². The van der Waals surface area contributed by atoms with Gasteiger partial charge in [0, 0.05) is 6.61 Å². The van der Waals surface area contributed by atoms with Crippen molar-refractivity contribution in [2.45, 2.75) is 71.4 Å². The highest BCUT2D eigenvalue weighted by Crippen LogP contribution is 2.36. The highest BCUT2D eigenvalue weighted by molar-refractivity contribution is 4.93. The van der Waals surface area contributed by atoms with Gasteiger partial charge in [0.05, 0.1) is 11.6 Å². The van der Waals surface area contributed by atoms with Crippen LogP contribution in [0.4, 0.5) is 0 Å². The van der Waals surface area contributed by atoms with E-state index in [0.29, 0.717) is 5.92 Å². The van der Waals surface area contributed by atoms with Crippen LogP contribution in [0.5, 0.6) is 0 Å². The number of hydrogen-bond acceptors (Lipinski definition) is 3. The highest BCUT2D eigenvalue weighted by Gasteiger charge is 2.39. The normalized spacial score (nSPS) is 30.9. The van der Waals surface area contributed by atoms with Gasteiger partial charge in [-0.25, -0.2) is 0 Å². The first-order valence-electron chi connectivity index (χ1n) is 7.17. The van der Waals surface area contributed by atoms with Gasteiger partial charge in [-0.05, 0) is 44.9 Å². The van der Waals surface area contributed by atoms with E-state index in [9.17, 15) is 0 Å². The summed E-state index contributed by atoms with van der Waals surface area (Å²) in [5.41, 5.74) is 2.91. The summed E-state index contributed by atoms with van der Waals surface area (Å²) in [7, 11) is 0. The monoisotopic (exact) mass is 242 g/mol. The molecule has 0 radical (unpaired) electrons. The number of rotatable bonds is 6. The molecule has 3 N–H and O–H groups in total. The van der Waals surface area contributed by atoms with Crippen LogP contribution in [-0.4, -0.2) is 18.2 Å². The van der Waals surface area contributed by atoms with Gasteiger partial charge in [0.1, 0.15) is 0 Å². The zero-order valence-electron chi connectivity index (χ0n) is 12.0. The molecule has 0 aromatic rings. The van der Waals surface area contributed by atoms with E-state index in [4.69, 9.17) is 10.6 Å². The van der Waals surface area contributed by atoms with Gasteiger partial charge in [-0.1, -0.05) is 26.7 Å². The Morgan fingerprint density at radius 1 is 1.29 bits per heavy atom. The molecular weight excluding hydrogens is 212 g/mol. The van der Waals surface area contributed by atoms with Crippen LogP contribution in [0.2, 0.25) is 0 Å². The zero-order chi connectivity index (χ0) is 12.9. The maximum Gasteiger partial charge on any atom is 0.0820 e. The van der Waals surface area contributed by atoms with Crippen molar-refractivity contribution in [3.63, 3.8) is 0 Å². The second-order valence-electron chi connectivity index (χ2n) is 5.76. The predicted octanol–water partition coefficient (Wildman–Crippen LogP) is 2.85. The third kappa shape index (κ3) is 3.67. The summed E-state index contributed by atoms with van der Waals surface area (Å²) in [6.07, 6.45) is 6.21. The summed E-state index contributed by atoms with van der Waals surface area (Å²) >= 11 is 0. The Kier molecular flexibility index (Phi) is 5.90. The van der Waals surface area contributed by atoms with E-state index < -0.39 is 0 Å². The Bertz CT molecular complexity index is 214. The first-order chi connectivity index (χ1) is 8.07. The van der Waals surface area contributed by atoms with Crippen molar-refractivity contribution in [1.29, 1.82) is 0 Å². The largest absolute Gasteiger partial charge is 0.374 e. The lowest BCUT2D eigenvalue weighted by molar-refractivity contribution is -0.0742. The molecule has 17 heavy (non-hydrogen) atoms. The summed E-state index contributed by atoms with van der Waals surface area (Å²) in [6, 6.07) is 0.278. The van der Waals surface area contributed by atoms with Crippen molar-refractivity contribution in [2.24, 2.45) is 17.7 Å². The third-order valence-electron chi connectivity index (χ3n) is 4.55. The Morgan fingerprint density at radius 2 is 1.88 bits per heavy atom. The number of nitrogens with one attached hydrogen (secondary N) is 1. The summed E-state index contributed by atoms with van der Waals surface area (Å²) in [4.78, 5) is 0. The lowest BCUT2D eigenvalue weighted by Gasteiger charge is -2.43. The zero-order valence-corrected chi connectivity index (χ0v) is 12.0. The minimum atomic E-state index is -0.130. The van der Waals surface area contributed by atoms with E-state index in [1.807, 2.05) is 0 Å². The minimum Gasteiger partial charge on any atom is -0.374 e. The lowest BCUT2D eigenvalue weighted by Crippen LogP contribution is -2.57. The number of hydrogen-bond donors (Lipinski definition) is 2. The summed E-state index contributed by atoms with van der Waals surface area (Å²) in [5.74, 6) is 7.34. The fourth-order valence-corrected chi connectivity index (χ4v) is 3.17. The van der Waals surface area contributed by atoms with Crippen molar-refractivity contribution >= 4 is 0 Å². The first-order valence-corrected chi connectivity index (χ1v) is 7.17. The van der Waals surface area contributed by atoms with Gasteiger partial charge in [-0.2, -0.15) is 0 Å². The van der Waals surface area contributed by atoms with E-state index >= 15 is 0 Å². The molecule has 0 aromatic carbocycles. The fraction of sp³-hybridized carbons (Fsp3) is 1.00. The van der Waals surface area contributed by atoms with Crippen molar-refractivity contribution in [3.8, 4) is 0 Å². The van der Waals surface area contributed by atoms with Crippen LogP contribution in [0.25, 0.3) is 0 Å². The molecule has 0 amide bonds. The van der Waals surface area contributed by atoms with Gasteiger partial charge in [0.15, 0.2) is 0 Å². The van der Waals surface area contributed by atoms with Crippen LogP contribution in [-0.2, 0) is 4.74 Å². The molecule has 1 aliphatic rings. The van der Waals surface area contributed by atoms with Crippen LogP contribution in [0.15, 0.2) is 0 Å². The highest BCUT2D eigenvalue weighted by atomic mass is 16.5. The van der Waals surface area contributed by atoms with E-state index in [1.165, 1.54) is 25.7 Å². The average Bonchev–Trinajstić information content (AvgIpc) is 2.33. The van der Waals surface area contributed by atoms with E-state index in [1.54, 1.807) is 0 Å². The molecule has 3 heteroatoms. The van der Waals surface area contributed by atoms with Gasteiger partial charge in [-0.3, -0.25) is 11.3 Å². The molecule has 102 valence electrons. The fourth-order valence-electron chi connectivity index (χ4n) is 3.17. The van der Waals surface area contributed by atoms with Crippen molar-refractivity contribution in [2.75, 3.05) is 6.61 Å². The standard InChI is InChI=1S/C14H30N2O/c1-5-14(4,17-6-2)13(16-15)12-9-7-11(3)8-10-12/h11-13,16H,5-10,15H2,1-4H3. The van der Waals surface area contributed by atoms with Crippen LogP contribution >= 0.6 is 0 Å². The Balaban J connectivity index is 2.68. The summed E-state index contributed by atoms with van der Waals surface area (Å²) < 4.78 is 5.97. The SMILES string of the molecule is CCOC(C)(CC)C(NN)C1CCC(C)CC1. The molecule has 0 heterocycles. The smallest absolute Gasteiger partial charge is 0.0820 e. The van der Waals surface area contributed by atoms with Crippen molar-refractivity contribution in [3.05, 3.63) is 0 Å². The number of hydrazine groups is 1. The third-order valence-corrected chi connectivity index (χ3v) is 4.55. The first kappa shape index (κ1) is 14.9. The Morgan fingerprint density at radius 3 is 2.29 bits per heavy atom. The number of nitrogens with two attached hydrogens (primary N) is 1. The van der Waals surface area contributed by atoms with Gasteiger partial charge in [0.2, 0.25) is 0 Å². The molecule has 0 spiro atoms. The minimum absolute atomic E-state index is 0.130. The van der Waals surface area contributed by atoms with Crippen molar-refractivity contribution in [1.82, 2.24) is 5.43 Å². The Labute approximate surface area is 106 Å². The van der Waals surface area contributed by atoms with Crippen LogP contribution in [0, 0.1) is 11.8 Å². The molecular formula is C14H30N2O. The average molecular weight is 242 g/mol. The quantitative estimate of drug-likeness (QED) is 0.556. The van der Waals surface area contributed by atoms with Gasteiger partial charge in [-0.15, -0.1) is 0 Å². The van der Waals surface area contributed by atoms with Crippen LogP contribution < -0.4 is 11.3 Å². The molecule has 0 aromatic heterocycles. The molecule has 2 atom stereocenters. The van der Waals surface area contributed by atoms with Crippen LogP contribution in [0.3, 0.4) is 0 Å². The molecule has 2 unspecified atom stereocenters. The molecule has 0 saturated heterocycles. The molecule has 1 rings (SSSR count). The number of ether oxygens (including phenoxy) is 1. The molecule has 1 saturated carbocycles. The molecule has 3 nitrogen and oxygen atoms in total. The molecule has 0 aliphatic heterocycles. The predicted molar refractivity (Wildman–Crippen MR) is 72.6 cm³/mol. The summed E-state index contributed by atoms with van der Waals surface area (Å²) in [6.45, 7) is 9.54. The molecule has 0 bridgehead atoms. The topological polar surface area (TPSA) is 47.3 Å². The van der Waals surface area contributed by atoms with Gasteiger partial charge in [0.25, 0.3) is 0 Å². The molecule has 1 aliphatic carbocycles. The van der Waals surface area contributed by atoms with E-state index in [0.717, 1.165) is 18.9 Å². The molecule has 1 fully saturated rings. The summed E-state index contributed by atoms with van der Waals surface area (Å²) in [5, 5.41) is 0. The maximum atomic E-state index is 5.97. The van der Waals surface area contributed by atoms with Gasteiger partial charge >= 0.3 is 0 Å². The van der Waals surface area contributed by atoms with E-state index in [2.05, 4.69) is 33.1 Å². The van der Waals surface area contributed by atoms with Crippen LogP contribution in [0.1, 0.15) is 59.8 Å². The van der Waals surface area contributed by atoms with E-state index in [-0.39, 0.29) is 11.6 Å². The second kappa shape index (κ2) is 6.72. The Hall–Kier alpha value is -0.120. The second-order valence-corrected chi connectivity index (χ2v) is 5.76.